The summed E-state index contributed by atoms with van der Waals surface area (Å²) >= 11 is 0. The van der Waals surface area contributed by atoms with Crippen LogP contribution in [-0.2, 0) is 6.42 Å². The molecule has 1 rings (SSSR count). The van der Waals surface area contributed by atoms with E-state index in [1.54, 1.807) is 6.92 Å². The minimum Gasteiger partial charge on any atom is -0.491 e. The van der Waals surface area contributed by atoms with E-state index in [4.69, 9.17) is 9.84 Å². The third-order valence-corrected chi connectivity index (χ3v) is 1.95. The van der Waals surface area contributed by atoms with Gasteiger partial charge in [-0.3, -0.25) is 0 Å². The summed E-state index contributed by atoms with van der Waals surface area (Å²) in [4.78, 5) is 0. The van der Waals surface area contributed by atoms with Gasteiger partial charge in [0.2, 0.25) is 0 Å². The Bertz CT molecular complexity index is 252. The smallest absolute Gasteiger partial charge is 0.119 e. The summed E-state index contributed by atoms with van der Waals surface area (Å²) in [7, 11) is 0. The van der Waals surface area contributed by atoms with Crippen LogP contribution in [0.3, 0.4) is 0 Å². The summed E-state index contributed by atoms with van der Waals surface area (Å²) in [6, 6.07) is 8.04. The van der Waals surface area contributed by atoms with Gasteiger partial charge in [0, 0.05) is 0 Å². The molecule has 0 amide bonds. The summed E-state index contributed by atoms with van der Waals surface area (Å²) in [5, 5.41) is 9.03. The maximum absolute atomic E-state index is 9.03. The van der Waals surface area contributed by atoms with Crippen LogP contribution in [-0.4, -0.2) is 17.8 Å². The molecular formula is C12H18O2. The van der Waals surface area contributed by atoms with E-state index in [0.29, 0.717) is 6.61 Å². The average Bonchev–Trinajstić information content (AvgIpc) is 2.17. The molecule has 2 nitrogen and oxygen atoms in total. The van der Waals surface area contributed by atoms with Crippen LogP contribution < -0.4 is 4.74 Å². The molecule has 0 spiro atoms. The van der Waals surface area contributed by atoms with Gasteiger partial charge in [-0.05, 0) is 31.0 Å². The van der Waals surface area contributed by atoms with Crippen LogP contribution in [0.2, 0.25) is 0 Å². The number of hydrogen-bond donors (Lipinski definition) is 1. The van der Waals surface area contributed by atoms with Gasteiger partial charge in [0.25, 0.3) is 0 Å². The van der Waals surface area contributed by atoms with Gasteiger partial charge in [-0.1, -0.05) is 25.5 Å². The van der Waals surface area contributed by atoms with Crippen LogP contribution >= 0.6 is 0 Å². The summed E-state index contributed by atoms with van der Waals surface area (Å²) in [5.41, 5.74) is 1.33. The van der Waals surface area contributed by atoms with E-state index >= 15 is 0 Å². The molecule has 0 heterocycles. The minimum absolute atomic E-state index is 0.354. The summed E-state index contributed by atoms with van der Waals surface area (Å²) in [5.74, 6) is 0.825. The number of aliphatic hydroxyl groups excluding tert-OH is 1. The first-order valence-corrected chi connectivity index (χ1v) is 5.12. The number of aliphatic hydroxyl groups is 1. The van der Waals surface area contributed by atoms with Gasteiger partial charge in [-0.15, -0.1) is 0 Å². The van der Waals surface area contributed by atoms with Crippen LogP contribution in [0.15, 0.2) is 24.3 Å². The Morgan fingerprint density at radius 3 is 2.43 bits per heavy atom. The molecule has 0 aliphatic rings. The Kier molecular flexibility index (Phi) is 4.47. The maximum Gasteiger partial charge on any atom is 0.119 e. The highest BCUT2D eigenvalue weighted by atomic mass is 16.5. The molecule has 0 bridgehead atoms. The highest BCUT2D eigenvalue weighted by Gasteiger charge is 1.98. The molecule has 78 valence electrons. The first-order valence-electron chi connectivity index (χ1n) is 5.12. The fraction of sp³-hybridized carbons (Fsp3) is 0.500. The van der Waals surface area contributed by atoms with Gasteiger partial charge < -0.3 is 9.84 Å². The fourth-order valence-electron chi connectivity index (χ4n) is 1.26. The van der Waals surface area contributed by atoms with Gasteiger partial charge in [0.15, 0.2) is 0 Å². The molecule has 0 aliphatic carbocycles. The van der Waals surface area contributed by atoms with E-state index < -0.39 is 6.10 Å². The maximum atomic E-state index is 9.03. The molecule has 1 aromatic rings. The molecule has 0 fully saturated rings. The zero-order valence-electron chi connectivity index (χ0n) is 8.86. The Labute approximate surface area is 85.5 Å². The van der Waals surface area contributed by atoms with Gasteiger partial charge in [0.1, 0.15) is 12.4 Å². The van der Waals surface area contributed by atoms with Gasteiger partial charge in [0.05, 0.1) is 6.10 Å². The second-order valence-corrected chi connectivity index (χ2v) is 3.55. The standard InChI is InChI=1S/C12H18O2/c1-3-4-11-5-7-12(8-6-11)14-9-10(2)13/h5-8,10,13H,3-4,9H2,1-2H3/t10-/m1/s1. The monoisotopic (exact) mass is 194 g/mol. The molecule has 0 saturated heterocycles. The van der Waals surface area contributed by atoms with E-state index in [9.17, 15) is 0 Å². The molecule has 1 aromatic carbocycles. The molecule has 0 saturated carbocycles. The summed E-state index contributed by atoms with van der Waals surface area (Å²) in [6.07, 6.45) is 1.86. The van der Waals surface area contributed by atoms with Crippen molar-refractivity contribution in [2.24, 2.45) is 0 Å². The number of rotatable bonds is 5. The molecule has 0 radical (unpaired) electrons. The Morgan fingerprint density at radius 2 is 1.93 bits per heavy atom. The first-order chi connectivity index (χ1) is 6.72. The molecule has 2 heteroatoms. The van der Waals surface area contributed by atoms with Crippen molar-refractivity contribution in [3.05, 3.63) is 29.8 Å². The zero-order chi connectivity index (χ0) is 10.4. The zero-order valence-corrected chi connectivity index (χ0v) is 8.86. The second-order valence-electron chi connectivity index (χ2n) is 3.55. The normalized spacial score (nSPS) is 12.5. The van der Waals surface area contributed by atoms with Crippen LogP contribution in [0, 0.1) is 0 Å². The minimum atomic E-state index is -0.412. The van der Waals surface area contributed by atoms with Crippen molar-refractivity contribution in [2.45, 2.75) is 32.8 Å². The van der Waals surface area contributed by atoms with Crippen molar-refractivity contribution in [3.8, 4) is 5.75 Å². The van der Waals surface area contributed by atoms with E-state index in [1.165, 1.54) is 5.56 Å². The van der Waals surface area contributed by atoms with Crippen molar-refractivity contribution < 1.29 is 9.84 Å². The van der Waals surface area contributed by atoms with Crippen LogP contribution in [0.1, 0.15) is 25.8 Å². The van der Waals surface area contributed by atoms with E-state index in [0.717, 1.165) is 18.6 Å². The predicted molar refractivity (Wildman–Crippen MR) is 57.6 cm³/mol. The van der Waals surface area contributed by atoms with Crippen molar-refractivity contribution in [1.82, 2.24) is 0 Å². The molecule has 0 unspecified atom stereocenters. The quantitative estimate of drug-likeness (QED) is 0.780. The first kappa shape index (κ1) is 11.1. The third-order valence-electron chi connectivity index (χ3n) is 1.95. The number of aryl methyl sites for hydroxylation is 1. The lowest BCUT2D eigenvalue weighted by Crippen LogP contribution is -2.12. The topological polar surface area (TPSA) is 29.5 Å². The Balaban J connectivity index is 2.46. The highest BCUT2D eigenvalue weighted by molar-refractivity contribution is 5.27. The number of hydrogen-bond acceptors (Lipinski definition) is 2. The second kappa shape index (κ2) is 5.66. The molecule has 0 aliphatic heterocycles. The molecule has 0 aromatic heterocycles. The van der Waals surface area contributed by atoms with Crippen LogP contribution in [0.4, 0.5) is 0 Å². The van der Waals surface area contributed by atoms with E-state index in [1.807, 2.05) is 12.1 Å². The lowest BCUT2D eigenvalue weighted by Gasteiger charge is -2.08. The number of ether oxygens (including phenoxy) is 1. The predicted octanol–water partition coefficient (Wildman–Crippen LogP) is 2.40. The average molecular weight is 194 g/mol. The largest absolute Gasteiger partial charge is 0.491 e. The van der Waals surface area contributed by atoms with Crippen molar-refractivity contribution in [2.75, 3.05) is 6.61 Å². The molecule has 1 atom stereocenters. The Morgan fingerprint density at radius 1 is 1.29 bits per heavy atom. The van der Waals surface area contributed by atoms with Crippen molar-refractivity contribution in [1.29, 1.82) is 0 Å². The lowest BCUT2D eigenvalue weighted by atomic mass is 10.1. The number of benzene rings is 1. The Hall–Kier alpha value is -1.02. The van der Waals surface area contributed by atoms with Crippen molar-refractivity contribution >= 4 is 0 Å². The lowest BCUT2D eigenvalue weighted by molar-refractivity contribution is 0.122. The van der Waals surface area contributed by atoms with Gasteiger partial charge >= 0.3 is 0 Å². The van der Waals surface area contributed by atoms with Gasteiger partial charge in [-0.2, -0.15) is 0 Å². The third kappa shape index (κ3) is 3.79. The summed E-state index contributed by atoms with van der Waals surface area (Å²) in [6.45, 7) is 4.23. The fourth-order valence-corrected chi connectivity index (χ4v) is 1.26. The summed E-state index contributed by atoms with van der Waals surface area (Å²) < 4.78 is 5.35. The SMILES string of the molecule is CCCc1ccc(OC[C@@H](C)O)cc1. The highest BCUT2D eigenvalue weighted by Crippen LogP contribution is 2.13. The van der Waals surface area contributed by atoms with Crippen molar-refractivity contribution in [3.63, 3.8) is 0 Å². The van der Waals surface area contributed by atoms with Crippen LogP contribution in [0.25, 0.3) is 0 Å². The molecular weight excluding hydrogens is 176 g/mol. The molecule has 1 N–H and O–H groups in total. The van der Waals surface area contributed by atoms with E-state index in [-0.39, 0.29) is 0 Å². The van der Waals surface area contributed by atoms with E-state index in [2.05, 4.69) is 19.1 Å². The van der Waals surface area contributed by atoms with Gasteiger partial charge in [-0.25, -0.2) is 0 Å². The molecule has 14 heavy (non-hydrogen) atoms. The van der Waals surface area contributed by atoms with Crippen LogP contribution in [0.5, 0.6) is 5.75 Å².